The Morgan fingerprint density at radius 2 is 2.62 bits per heavy atom. The molecule has 4 N–H and O–H groups in total. The fourth-order valence-electron chi connectivity index (χ4n) is 0.681. The lowest BCUT2D eigenvalue weighted by Crippen LogP contribution is -2.35. The standard InChI is InChI=1S/C5H9N3/c6-5(7)4-2-1-3-8-4/h1-2,4,8H,3H2,(H3,6,7). The second-order valence-corrected chi connectivity index (χ2v) is 1.77. The first-order valence-corrected chi connectivity index (χ1v) is 2.54. The molecule has 0 aromatic heterocycles. The van der Waals surface area contributed by atoms with Crippen molar-refractivity contribution in [1.29, 1.82) is 5.41 Å². The van der Waals surface area contributed by atoms with Crippen molar-refractivity contribution in [3.8, 4) is 0 Å². The first kappa shape index (κ1) is 5.31. The number of nitrogens with one attached hydrogen (secondary N) is 2. The van der Waals surface area contributed by atoms with E-state index in [0.29, 0.717) is 0 Å². The molecule has 3 heteroatoms. The Hall–Kier alpha value is -0.830. The van der Waals surface area contributed by atoms with Crippen LogP contribution in [0.25, 0.3) is 0 Å². The zero-order valence-electron chi connectivity index (χ0n) is 4.52. The molecule has 3 nitrogen and oxygen atoms in total. The van der Waals surface area contributed by atoms with Gasteiger partial charge in [-0.25, -0.2) is 0 Å². The average Bonchev–Trinajstić information content (AvgIpc) is 2.12. The van der Waals surface area contributed by atoms with E-state index in [1.165, 1.54) is 0 Å². The lowest BCUT2D eigenvalue weighted by atomic mass is 10.3. The molecule has 1 aliphatic rings. The smallest absolute Gasteiger partial charge is 0.112 e. The number of hydrogen-bond acceptors (Lipinski definition) is 2. The van der Waals surface area contributed by atoms with E-state index in [9.17, 15) is 0 Å². The average molecular weight is 111 g/mol. The van der Waals surface area contributed by atoms with Crippen molar-refractivity contribution < 1.29 is 0 Å². The van der Waals surface area contributed by atoms with E-state index >= 15 is 0 Å². The first-order valence-electron chi connectivity index (χ1n) is 2.54. The summed E-state index contributed by atoms with van der Waals surface area (Å²) >= 11 is 0. The van der Waals surface area contributed by atoms with Gasteiger partial charge in [-0.15, -0.1) is 0 Å². The first-order chi connectivity index (χ1) is 3.80. The van der Waals surface area contributed by atoms with Crippen LogP contribution in [0.3, 0.4) is 0 Å². The summed E-state index contributed by atoms with van der Waals surface area (Å²) in [7, 11) is 0. The zero-order valence-corrected chi connectivity index (χ0v) is 4.52. The van der Waals surface area contributed by atoms with Crippen molar-refractivity contribution in [2.24, 2.45) is 5.73 Å². The summed E-state index contributed by atoms with van der Waals surface area (Å²) in [6.07, 6.45) is 3.86. The van der Waals surface area contributed by atoms with Gasteiger partial charge in [0.2, 0.25) is 0 Å². The predicted octanol–water partition coefficient (Wildman–Crippen LogP) is -0.550. The highest BCUT2D eigenvalue weighted by atomic mass is 15.0. The van der Waals surface area contributed by atoms with Gasteiger partial charge in [0.1, 0.15) is 5.84 Å². The topological polar surface area (TPSA) is 61.9 Å². The van der Waals surface area contributed by atoms with E-state index < -0.39 is 0 Å². The fourth-order valence-corrected chi connectivity index (χ4v) is 0.681. The molecule has 0 aliphatic carbocycles. The van der Waals surface area contributed by atoms with Gasteiger partial charge in [-0.3, -0.25) is 5.41 Å². The van der Waals surface area contributed by atoms with Gasteiger partial charge in [-0.05, 0) is 0 Å². The van der Waals surface area contributed by atoms with Crippen molar-refractivity contribution in [3.05, 3.63) is 12.2 Å². The highest BCUT2D eigenvalue weighted by Crippen LogP contribution is 1.91. The second-order valence-electron chi connectivity index (χ2n) is 1.77. The van der Waals surface area contributed by atoms with Crippen LogP contribution >= 0.6 is 0 Å². The van der Waals surface area contributed by atoms with Gasteiger partial charge in [0.25, 0.3) is 0 Å². The predicted molar refractivity (Wildman–Crippen MR) is 32.8 cm³/mol. The van der Waals surface area contributed by atoms with Crippen LogP contribution in [0.2, 0.25) is 0 Å². The summed E-state index contributed by atoms with van der Waals surface area (Å²) in [4.78, 5) is 0. The van der Waals surface area contributed by atoms with Crippen LogP contribution in [0.15, 0.2) is 12.2 Å². The minimum atomic E-state index is -0.00463. The van der Waals surface area contributed by atoms with Crippen LogP contribution in [0.5, 0.6) is 0 Å². The number of nitrogens with two attached hydrogens (primary N) is 1. The van der Waals surface area contributed by atoms with Gasteiger partial charge in [-0.2, -0.15) is 0 Å². The lowest BCUT2D eigenvalue weighted by molar-refractivity contribution is 0.801. The maximum atomic E-state index is 6.96. The Labute approximate surface area is 48.1 Å². The number of amidine groups is 1. The summed E-state index contributed by atoms with van der Waals surface area (Å²) in [6.45, 7) is 0.838. The minimum Gasteiger partial charge on any atom is -0.386 e. The largest absolute Gasteiger partial charge is 0.386 e. The molecular formula is C5H9N3. The van der Waals surface area contributed by atoms with E-state index in [1.54, 1.807) is 0 Å². The molecule has 0 aromatic rings. The maximum absolute atomic E-state index is 6.96. The monoisotopic (exact) mass is 111 g/mol. The van der Waals surface area contributed by atoms with Crippen molar-refractivity contribution in [2.45, 2.75) is 6.04 Å². The molecule has 1 aliphatic heterocycles. The third kappa shape index (κ3) is 0.869. The van der Waals surface area contributed by atoms with Crippen LogP contribution < -0.4 is 11.1 Å². The Morgan fingerprint density at radius 1 is 1.88 bits per heavy atom. The van der Waals surface area contributed by atoms with Gasteiger partial charge < -0.3 is 11.1 Å². The summed E-state index contributed by atoms with van der Waals surface area (Å²) < 4.78 is 0. The van der Waals surface area contributed by atoms with Crippen molar-refractivity contribution in [2.75, 3.05) is 6.54 Å². The van der Waals surface area contributed by atoms with E-state index in [0.717, 1.165) is 6.54 Å². The van der Waals surface area contributed by atoms with Crippen molar-refractivity contribution in [3.63, 3.8) is 0 Å². The quantitative estimate of drug-likeness (QED) is 0.241. The maximum Gasteiger partial charge on any atom is 0.112 e. The van der Waals surface area contributed by atoms with E-state index in [-0.39, 0.29) is 11.9 Å². The Morgan fingerprint density at radius 3 is 2.88 bits per heavy atom. The molecule has 0 amide bonds. The molecule has 0 saturated heterocycles. The van der Waals surface area contributed by atoms with Crippen molar-refractivity contribution in [1.82, 2.24) is 5.32 Å². The summed E-state index contributed by atoms with van der Waals surface area (Å²) in [5, 5.41) is 9.95. The third-order valence-corrected chi connectivity index (χ3v) is 1.12. The van der Waals surface area contributed by atoms with Gasteiger partial charge >= 0.3 is 0 Å². The Bertz CT molecular complexity index is 128. The molecule has 1 heterocycles. The van der Waals surface area contributed by atoms with Gasteiger partial charge in [-0.1, -0.05) is 12.2 Å². The van der Waals surface area contributed by atoms with Crippen LogP contribution in [-0.2, 0) is 0 Å². The molecule has 1 atom stereocenters. The van der Waals surface area contributed by atoms with Crippen LogP contribution in [0.1, 0.15) is 0 Å². The van der Waals surface area contributed by atoms with Crippen LogP contribution in [-0.4, -0.2) is 18.4 Å². The highest BCUT2D eigenvalue weighted by Gasteiger charge is 2.08. The highest BCUT2D eigenvalue weighted by molar-refractivity contribution is 5.85. The van der Waals surface area contributed by atoms with Crippen LogP contribution in [0, 0.1) is 5.41 Å². The molecule has 0 radical (unpaired) electrons. The van der Waals surface area contributed by atoms with Crippen LogP contribution in [0.4, 0.5) is 0 Å². The SMILES string of the molecule is N=C(N)C1C=CCN1. The van der Waals surface area contributed by atoms with Gasteiger partial charge in [0.15, 0.2) is 0 Å². The fraction of sp³-hybridized carbons (Fsp3) is 0.400. The molecule has 8 heavy (non-hydrogen) atoms. The second kappa shape index (κ2) is 1.96. The van der Waals surface area contributed by atoms with E-state index in [4.69, 9.17) is 11.1 Å². The molecule has 1 unspecified atom stereocenters. The summed E-state index contributed by atoms with van der Waals surface area (Å²) in [6, 6.07) is -0.00463. The molecule has 0 bridgehead atoms. The van der Waals surface area contributed by atoms with E-state index in [2.05, 4.69) is 5.32 Å². The molecule has 0 fully saturated rings. The summed E-state index contributed by atoms with van der Waals surface area (Å²) in [5.41, 5.74) is 5.17. The molecule has 0 saturated carbocycles. The summed E-state index contributed by atoms with van der Waals surface area (Å²) in [5.74, 6) is 0.193. The zero-order chi connectivity index (χ0) is 5.98. The normalized spacial score (nSPS) is 26.2. The molecule has 0 aromatic carbocycles. The molecule has 0 spiro atoms. The Kier molecular flexibility index (Phi) is 1.30. The molecule has 44 valence electrons. The van der Waals surface area contributed by atoms with Gasteiger partial charge in [0, 0.05) is 6.54 Å². The Balaban J connectivity index is 2.48. The molecular weight excluding hydrogens is 102 g/mol. The van der Waals surface area contributed by atoms with Gasteiger partial charge in [0.05, 0.1) is 6.04 Å². The lowest BCUT2D eigenvalue weighted by Gasteiger charge is -2.03. The minimum absolute atomic E-state index is 0.00463. The number of rotatable bonds is 1. The van der Waals surface area contributed by atoms with Crippen molar-refractivity contribution >= 4 is 5.84 Å². The van der Waals surface area contributed by atoms with E-state index in [1.807, 2.05) is 12.2 Å². The third-order valence-electron chi connectivity index (χ3n) is 1.12. The number of hydrogen-bond donors (Lipinski definition) is 3. The molecule has 1 rings (SSSR count).